The molecule has 28 heavy (non-hydrogen) atoms. The van der Waals surface area contributed by atoms with E-state index in [1.165, 1.54) is 11.5 Å². The maximum Gasteiger partial charge on any atom is 0.263 e. The summed E-state index contributed by atoms with van der Waals surface area (Å²) < 4.78 is 9.87. The van der Waals surface area contributed by atoms with Crippen LogP contribution in [-0.2, 0) is 24.8 Å². The molecule has 0 bridgehead atoms. The lowest BCUT2D eigenvalue weighted by atomic mass is 9.96. The molecule has 0 atom stereocenters. The van der Waals surface area contributed by atoms with Crippen LogP contribution in [-0.4, -0.2) is 36.6 Å². The van der Waals surface area contributed by atoms with E-state index in [4.69, 9.17) is 0 Å². The SMILES string of the molecule is CC(=O)N1CCc2c(cn(C)c(=O)c2C(=O)Nc2c(C)ccc3nsnc23)C1. The van der Waals surface area contributed by atoms with Crippen LogP contribution in [0, 0.1) is 6.92 Å². The van der Waals surface area contributed by atoms with Crippen LogP contribution in [0.4, 0.5) is 5.69 Å². The number of anilines is 1. The third kappa shape index (κ3) is 2.97. The van der Waals surface area contributed by atoms with E-state index in [9.17, 15) is 14.4 Å². The van der Waals surface area contributed by atoms with Gasteiger partial charge in [-0.1, -0.05) is 6.07 Å². The highest BCUT2D eigenvalue weighted by atomic mass is 32.1. The second-order valence-corrected chi connectivity index (χ2v) is 7.49. The predicted molar refractivity (Wildman–Crippen MR) is 107 cm³/mol. The zero-order valence-corrected chi connectivity index (χ0v) is 16.6. The predicted octanol–water partition coefficient (Wildman–Crippen LogP) is 1.86. The maximum absolute atomic E-state index is 13.1. The van der Waals surface area contributed by atoms with Crippen molar-refractivity contribution in [2.24, 2.45) is 7.05 Å². The number of rotatable bonds is 2. The van der Waals surface area contributed by atoms with E-state index in [0.717, 1.165) is 22.9 Å². The normalized spacial score (nSPS) is 13.5. The summed E-state index contributed by atoms with van der Waals surface area (Å²) in [7, 11) is 1.61. The molecule has 0 fully saturated rings. The first-order valence-corrected chi connectivity index (χ1v) is 9.60. The summed E-state index contributed by atoms with van der Waals surface area (Å²) in [5, 5.41) is 2.88. The Balaban J connectivity index is 1.78. The topological polar surface area (TPSA) is 97.2 Å². The van der Waals surface area contributed by atoms with E-state index in [1.807, 2.05) is 19.1 Å². The standard InChI is InChI=1S/C19H19N5O3S/c1-10-4-5-14-17(22-28-21-14)16(10)20-18(26)15-13-6-7-24(11(2)25)9-12(13)8-23(3)19(15)27/h4-5,8H,6-7,9H2,1-3H3,(H,20,26). The van der Waals surface area contributed by atoms with Gasteiger partial charge in [0.2, 0.25) is 5.91 Å². The number of hydrogen-bond donors (Lipinski definition) is 1. The Hall–Kier alpha value is -3.07. The highest BCUT2D eigenvalue weighted by Gasteiger charge is 2.27. The minimum absolute atomic E-state index is 0.0242. The van der Waals surface area contributed by atoms with Crippen molar-refractivity contribution in [1.82, 2.24) is 18.2 Å². The summed E-state index contributed by atoms with van der Waals surface area (Å²) in [6.07, 6.45) is 2.18. The van der Waals surface area contributed by atoms with E-state index in [-0.39, 0.29) is 17.0 Å². The molecule has 3 aromatic rings. The molecule has 9 heteroatoms. The average molecular weight is 397 g/mol. The van der Waals surface area contributed by atoms with E-state index in [1.54, 1.807) is 18.1 Å². The first-order valence-electron chi connectivity index (χ1n) is 8.87. The molecular weight excluding hydrogens is 378 g/mol. The average Bonchev–Trinajstić information content (AvgIpc) is 3.13. The fourth-order valence-corrected chi connectivity index (χ4v) is 4.12. The number of amides is 2. The van der Waals surface area contributed by atoms with Crippen LogP contribution in [0.2, 0.25) is 0 Å². The molecule has 0 aliphatic carbocycles. The number of aryl methyl sites for hydroxylation is 2. The molecule has 4 rings (SSSR count). The Labute approximate surface area is 165 Å². The minimum atomic E-state index is -0.461. The number of fused-ring (bicyclic) bond motifs is 2. The minimum Gasteiger partial charge on any atom is -0.338 e. The van der Waals surface area contributed by atoms with Crippen molar-refractivity contribution >= 4 is 40.3 Å². The number of nitrogens with zero attached hydrogens (tertiary/aromatic N) is 4. The van der Waals surface area contributed by atoms with Gasteiger partial charge < -0.3 is 14.8 Å². The Bertz CT molecular complexity index is 1180. The van der Waals surface area contributed by atoms with Gasteiger partial charge in [-0.2, -0.15) is 8.75 Å². The van der Waals surface area contributed by atoms with Gasteiger partial charge in [-0.15, -0.1) is 0 Å². The van der Waals surface area contributed by atoms with Crippen LogP contribution >= 0.6 is 11.7 Å². The second kappa shape index (κ2) is 6.83. The molecule has 1 N–H and O–H groups in total. The third-order valence-corrected chi connectivity index (χ3v) is 5.66. The molecule has 0 radical (unpaired) electrons. The first kappa shape index (κ1) is 18.3. The van der Waals surface area contributed by atoms with Gasteiger partial charge in [0.25, 0.3) is 11.5 Å². The Morgan fingerprint density at radius 1 is 1.25 bits per heavy atom. The fraction of sp³-hybridized carbons (Fsp3) is 0.316. The first-order chi connectivity index (χ1) is 13.4. The van der Waals surface area contributed by atoms with Gasteiger partial charge in [-0.25, -0.2) is 0 Å². The van der Waals surface area contributed by atoms with Gasteiger partial charge in [0.1, 0.15) is 16.6 Å². The molecule has 0 spiro atoms. The monoisotopic (exact) mass is 397 g/mol. The number of aromatic nitrogens is 3. The largest absolute Gasteiger partial charge is 0.338 e. The summed E-state index contributed by atoms with van der Waals surface area (Å²) in [6.45, 7) is 4.27. The van der Waals surface area contributed by atoms with Gasteiger partial charge in [-0.05, 0) is 36.1 Å². The number of carbonyl (C=O) groups is 2. The molecule has 0 saturated heterocycles. The van der Waals surface area contributed by atoms with Crippen molar-refractivity contribution in [3.8, 4) is 0 Å². The van der Waals surface area contributed by atoms with Crippen LogP contribution in [0.5, 0.6) is 0 Å². The lowest BCUT2D eigenvalue weighted by Gasteiger charge is -2.29. The quantitative estimate of drug-likeness (QED) is 0.712. The van der Waals surface area contributed by atoms with Crippen molar-refractivity contribution in [3.05, 3.63) is 50.9 Å². The Kier molecular flexibility index (Phi) is 4.46. The molecule has 2 amide bonds. The molecule has 0 unspecified atom stereocenters. The highest BCUT2D eigenvalue weighted by molar-refractivity contribution is 7.00. The van der Waals surface area contributed by atoms with Crippen LogP contribution in [0.25, 0.3) is 11.0 Å². The van der Waals surface area contributed by atoms with E-state index in [2.05, 4.69) is 14.1 Å². The van der Waals surface area contributed by atoms with Crippen molar-refractivity contribution in [3.63, 3.8) is 0 Å². The molecule has 3 heterocycles. The molecule has 0 saturated carbocycles. The van der Waals surface area contributed by atoms with Crippen LogP contribution in [0.3, 0.4) is 0 Å². The zero-order chi connectivity index (χ0) is 20.0. The Morgan fingerprint density at radius 3 is 2.79 bits per heavy atom. The van der Waals surface area contributed by atoms with E-state index in [0.29, 0.717) is 41.8 Å². The number of hydrogen-bond acceptors (Lipinski definition) is 6. The van der Waals surface area contributed by atoms with Gasteiger partial charge in [-0.3, -0.25) is 14.4 Å². The fourth-order valence-electron chi connectivity index (χ4n) is 3.58. The third-order valence-electron chi connectivity index (χ3n) is 5.11. The zero-order valence-electron chi connectivity index (χ0n) is 15.8. The smallest absolute Gasteiger partial charge is 0.263 e. The van der Waals surface area contributed by atoms with E-state index >= 15 is 0 Å². The van der Waals surface area contributed by atoms with Crippen molar-refractivity contribution in [2.45, 2.75) is 26.8 Å². The summed E-state index contributed by atoms with van der Waals surface area (Å²) >= 11 is 1.08. The van der Waals surface area contributed by atoms with Crippen LogP contribution in [0.15, 0.2) is 23.1 Å². The molecule has 144 valence electrons. The number of pyridine rings is 1. The highest BCUT2D eigenvalue weighted by Crippen LogP contribution is 2.27. The summed E-state index contributed by atoms with van der Waals surface area (Å²) in [4.78, 5) is 39.4. The van der Waals surface area contributed by atoms with Crippen molar-refractivity contribution in [2.75, 3.05) is 11.9 Å². The van der Waals surface area contributed by atoms with Gasteiger partial charge in [0, 0.05) is 33.3 Å². The van der Waals surface area contributed by atoms with Gasteiger partial charge in [0.05, 0.1) is 17.4 Å². The summed E-state index contributed by atoms with van der Waals surface area (Å²) in [5.41, 5.74) is 4.03. The maximum atomic E-state index is 13.1. The molecule has 1 aliphatic rings. The van der Waals surface area contributed by atoms with Gasteiger partial charge in [0.15, 0.2) is 0 Å². The Morgan fingerprint density at radius 2 is 2.04 bits per heavy atom. The van der Waals surface area contributed by atoms with Gasteiger partial charge >= 0.3 is 0 Å². The van der Waals surface area contributed by atoms with Crippen molar-refractivity contribution < 1.29 is 9.59 Å². The number of benzene rings is 1. The lowest BCUT2D eigenvalue weighted by molar-refractivity contribution is -0.129. The number of carbonyl (C=O) groups excluding carboxylic acids is 2. The number of nitrogens with one attached hydrogen (secondary N) is 1. The summed E-state index contributed by atoms with van der Waals surface area (Å²) in [5.74, 6) is -0.485. The molecule has 8 nitrogen and oxygen atoms in total. The molecule has 1 aliphatic heterocycles. The molecule has 1 aromatic carbocycles. The second-order valence-electron chi connectivity index (χ2n) is 6.96. The molecular formula is C19H19N5O3S. The lowest BCUT2D eigenvalue weighted by Crippen LogP contribution is -2.39. The molecule has 2 aromatic heterocycles. The van der Waals surface area contributed by atoms with Crippen molar-refractivity contribution in [1.29, 1.82) is 0 Å². The van der Waals surface area contributed by atoms with Crippen LogP contribution < -0.4 is 10.9 Å². The van der Waals surface area contributed by atoms with E-state index < -0.39 is 5.91 Å². The van der Waals surface area contributed by atoms with Crippen LogP contribution in [0.1, 0.15) is 34.0 Å². The summed E-state index contributed by atoms with van der Waals surface area (Å²) in [6, 6.07) is 3.71.